The second-order valence-electron chi connectivity index (χ2n) is 7.51. The molecule has 3 N–H and O–H groups in total. The first-order valence-corrected chi connectivity index (χ1v) is 10.9. The number of hydrogen-bond donors (Lipinski definition) is 2. The van der Waals surface area contributed by atoms with Crippen LogP contribution in [-0.4, -0.2) is 27.8 Å². The number of aromatic amines is 1. The lowest BCUT2D eigenvalue weighted by molar-refractivity contribution is -0.115. The SMILES string of the molecule is CC/C(C)=C(/C=C(\C(N)=O)C(C)C)Oc1c(Cl)cc(-n2nc(COC)c(=O)[nH]c2=O)cc1Cl. The van der Waals surface area contributed by atoms with Crippen molar-refractivity contribution in [1.82, 2.24) is 14.8 Å². The molecule has 0 atom stereocenters. The van der Waals surface area contributed by atoms with Crippen molar-refractivity contribution in [2.75, 3.05) is 7.11 Å². The first kappa shape index (κ1) is 26.4. The van der Waals surface area contributed by atoms with Crippen LogP contribution < -0.4 is 21.7 Å². The predicted octanol–water partition coefficient (Wildman–Crippen LogP) is 3.50. The van der Waals surface area contributed by atoms with E-state index in [2.05, 4.69) is 10.1 Å². The molecule has 0 aliphatic heterocycles. The van der Waals surface area contributed by atoms with Crippen molar-refractivity contribution < 1.29 is 14.3 Å². The van der Waals surface area contributed by atoms with Gasteiger partial charge in [0.2, 0.25) is 5.91 Å². The number of primary amides is 1. The number of carbonyl (C=O) groups is 1. The highest BCUT2D eigenvalue weighted by Crippen LogP contribution is 2.37. The maximum absolute atomic E-state index is 12.3. The molecule has 33 heavy (non-hydrogen) atoms. The van der Waals surface area contributed by atoms with Crippen LogP contribution in [0.3, 0.4) is 0 Å². The number of amides is 1. The summed E-state index contributed by atoms with van der Waals surface area (Å²) in [5.74, 6) is -0.168. The van der Waals surface area contributed by atoms with Crippen LogP contribution in [0.5, 0.6) is 5.75 Å². The van der Waals surface area contributed by atoms with E-state index in [0.717, 1.165) is 10.3 Å². The molecule has 0 aliphatic carbocycles. The van der Waals surface area contributed by atoms with Crippen LogP contribution >= 0.6 is 23.2 Å². The van der Waals surface area contributed by atoms with Crippen LogP contribution in [0.1, 0.15) is 39.8 Å². The van der Waals surface area contributed by atoms with Crippen LogP contribution in [0.25, 0.3) is 5.69 Å². The molecule has 1 aromatic heterocycles. The zero-order valence-electron chi connectivity index (χ0n) is 19.0. The van der Waals surface area contributed by atoms with Crippen LogP contribution in [-0.2, 0) is 16.1 Å². The lowest BCUT2D eigenvalue weighted by Gasteiger charge is -2.16. The standard InChI is InChI=1S/C22H26Cl2N4O5/c1-6-12(4)18(9-14(11(2)3)20(25)29)33-19-15(23)7-13(8-16(19)24)28-22(31)26-21(30)17(27-28)10-32-5/h7-9,11H,6,10H2,1-5H3,(H2,25,29)(H,26,30,31)/b14-9-,18-12-. The average molecular weight is 497 g/mol. The van der Waals surface area contributed by atoms with Gasteiger partial charge in [-0.2, -0.15) is 9.78 Å². The van der Waals surface area contributed by atoms with Gasteiger partial charge in [-0.25, -0.2) is 4.79 Å². The Hall–Kier alpha value is -2.88. The number of nitrogens with two attached hydrogens (primary N) is 1. The summed E-state index contributed by atoms with van der Waals surface area (Å²) in [7, 11) is 1.40. The molecule has 0 bridgehead atoms. The number of nitrogens with zero attached hydrogens (tertiary/aromatic N) is 2. The van der Waals surface area contributed by atoms with E-state index in [1.54, 1.807) is 6.08 Å². The van der Waals surface area contributed by atoms with Crippen molar-refractivity contribution in [2.45, 2.75) is 40.7 Å². The Morgan fingerprint density at radius 1 is 1.27 bits per heavy atom. The number of rotatable bonds is 9. The van der Waals surface area contributed by atoms with Gasteiger partial charge in [-0.05, 0) is 43.0 Å². The zero-order chi connectivity index (χ0) is 24.9. The molecule has 0 spiro atoms. The number of benzene rings is 1. The second-order valence-corrected chi connectivity index (χ2v) is 8.32. The van der Waals surface area contributed by atoms with E-state index in [9.17, 15) is 14.4 Å². The Labute approximate surface area is 200 Å². The van der Waals surface area contributed by atoms with E-state index in [0.29, 0.717) is 17.8 Å². The maximum Gasteiger partial charge on any atom is 0.349 e. The van der Waals surface area contributed by atoms with Gasteiger partial charge in [-0.1, -0.05) is 44.0 Å². The first-order chi connectivity index (χ1) is 15.5. The second kappa shape index (κ2) is 11.3. The summed E-state index contributed by atoms with van der Waals surface area (Å²) in [6.45, 7) is 7.38. The Morgan fingerprint density at radius 2 is 1.88 bits per heavy atom. The quantitative estimate of drug-likeness (QED) is 0.310. The highest BCUT2D eigenvalue weighted by Gasteiger charge is 2.18. The van der Waals surface area contributed by atoms with Gasteiger partial charge in [0.25, 0.3) is 5.56 Å². The van der Waals surface area contributed by atoms with Gasteiger partial charge < -0.3 is 15.2 Å². The summed E-state index contributed by atoms with van der Waals surface area (Å²) < 4.78 is 11.9. The first-order valence-electron chi connectivity index (χ1n) is 10.1. The molecule has 2 aromatic rings. The summed E-state index contributed by atoms with van der Waals surface area (Å²) in [4.78, 5) is 38.2. The molecular formula is C22H26Cl2N4O5. The molecule has 0 unspecified atom stereocenters. The fraction of sp³-hybridized carbons (Fsp3) is 0.364. The molecular weight excluding hydrogens is 471 g/mol. The van der Waals surface area contributed by atoms with Gasteiger partial charge in [0, 0.05) is 12.7 Å². The molecule has 1 aromatic carbocycles. The van der Waals surface area contributed by atoms with Gasteiger partial charge >= 0.3 is 5.69 Å². The topological polar surface area (TPSA) is 129 Å². The van der Waals surface area contributed by atoms with Crippen LogP contribution in [0.4, 0.5) is 0 Å². The van der Waals surface area contributed by atoms with E-state index in [-0.39, 0.29) is 39.7 Å². The van der Waals surface area contributed by atoms with Gasteiger partial charge in [0.15, 0.2) is 11.4 Å². The fourth-order valence-corrected chi connectivity index (χ4v) is 3.35. The Bertz CT molecular complexity index is 1210. The lowest BCUT2D eigenvalue weighted by Crippen LogP contribution is -2.34. The summed E-state index contributed by atoms with van der Waals surface area (Å²) >= 11 is 12.9. The minimum Gasteiger partial charge on any atom is -0.454 e. The van der Waals surface area contributed by atoms with Crippen molar-refractivity contribution in [3.8, 4) is 11.4 Å². The Kier molecular flexibility index (Phi) is 9.04. The molecule has 0 aliphatic rings. The molecule has 0 saturated carbocycles. The van der Waals surface area contributed by atoms with Gasteiger partial charge in [0.1, 0.15) is 5.76 Å². The predicted molar refractivity (Wildman–Crippen MR) is 127 cm³/mol. The number of methoxy groups -OCH3 is 1. The molecule has 9 nitrogen and oxygen atoms in total. The van der Waals surface area contributed by atoms with E-state index in [1.807, 2.05) is 27.7 Å². The lowest BCUT2D eigenvalue weighted by atomic mass is 10.0. The largest absolute Gasteiger partial charge is 0.454 e. The summed E-state index contributed by atoms with van der Waals surface area (Å²) in [6.07, 6.45) is 2.22. The third-order valence-electron chi connectivity index (χ3n) is 4.76. The molecule has 178 valence electrons. The number of hydrogen-bond acceptors (Lipinski definition) is 6. The number of aromatic nitrogens is 3. The molecule has 11 heteroatoms. The Morgan fingerprint density at radius 3 is 2.36 bits per heavy atom. The summed E-state index contributed by atoms with van der Waals surface area (Å²) in [5.41, 5.74) is 5.54. The van der Waals surface area contributed by atoms with E-state index in [4.69, 9.17) is 38.4 Å². The van der Waals surface area contributed by atoms with Crippen LogP contribution in [0.15, 0.2) is 44.7 Å². The minimum absolute atomic E-state index is 0.00580. The normalized spacial score (nSPS) is 12.7. The van der Waals surface area contributed by atoms with Crippen molar-refractivity contribution in [3.05, 3.63) is 71.7 Å². The van der Waals surface area contributed by atoms with Crippen LogP contribution in [0.2, 0.25) is 10.0 Å². The highest BCUT2D eigenvalue weighted by atomic mass is 35.5. The number of halogens is 2. The third kappa shape index (κ3) is 6.34. The number of carbonyl (C=O) groups excluding carboxylic acids is 1. The summed E-state index contributed by atoms with van der Waals surface area (Å²) in [6, 6.07) is 2.85. The molecule has 1 amide bonds. The molecule has 0 fully saturated rings. The Balaban J connectivity index is 2.58. The highest BCUT2D eigenvalue weighted by molar-refractivity contribution is 6.37. The number of H-pyrrole nitrogens is 1. The van der Waals surface area contributed by atoms with Crippen LogP contribution in [0, 0.1) is 5.92 Å². The van der Waals surface area contributed by atoms with Gasteiger partial charge in [0.05, 0.1) is 22.3 Å². The number of ether oxygens (including phenoxy) is 2. The molecule has 0 radical (unpaired) electrons. The average Bonchev–Trinajstić information content (AvgIpc) is 2.73. The smallest absolute Gasteiger partial charge is 0.349 e. The third-order valence-corrected chi connectivity index (χ3v) is 5.32. The maximum atomic E-state index is 12.3. The van der Waals surface area contributed by atoms with Gasteiger partial charge in [-0.15, -0.1) is 0 Å². The van der Waals surface area contributed by atoms with Crippen molar-refractivity contribution in [1.29, 1.82) is 0 Å². The minimum atomic E-state index is -0.769. The van der Waals surface area contributed by atoms with E-state index in [1.165, 1.54) is 19.2 Å². The molecule has 1 heterocycles. The molecule has 2 rings (SSSR count). The summed E-state index contributed by atoms with van der Waals surface area (Å²) in [5, 5.41) is 4.21. The monoisotopic (exact) mass is 496 g/mol. The van der Waals surface area contributed by atoms with Crippen molar-refractivity contribution in [2.24, 2.45) is 11.7 Å². The van der Waals surface area contributed by atoms with Crippen molar-refractivity contribution >= 4 is 29.1 Å². The number of nitrogens with one attached hydrogen (secondary N) is 1. The molecule has 0 saturated heterocycles. The van der Waals surface area contributed by atoms with Gasteiger partial charge in [-0.3, -0.25) is 14.6 Å². The van der Waals surface area contributed by atoms with E-state index >= 15 is 0 Å². The van der Waals surface area contributed by atoms with Crippen molar-refractivity contribution in [3.63, 3.8) is 0 Å². The zero-order valence-corrected chi connectivity index (χ0v) is 20.5. The number of allylic oxidation sites excluding steroid dienone is 2. The van der Waals surface area contributed by atoms with E-state index < -0.39 is 17.2 Å². The fourth-order valence-electron chi connectivity index (χ4n) is 2.79.